The zero-order valence-corrected chi connectivity index (χ0v) is 12.0. The van der Waals surface area contributed by atoms with E-state index in [9.17, 15) is 16.8 Å². The molecule has 0 saturated carbocycles. The molecular weight excluding hydrogens is 274 g/mol. The maximum absolute atomic E-state index is 11.4. The predicted octanol–water partition coefficient (Wildman–Crippen LogP) is 0.215. The number of hydrogen-bond donors (Lipinski definition) is 1. The van der Waals surface area contributed by atoms with E-state index in [1.54, 1.807) is 0 Å². The number of sulfonamides is 1. The lowest BCUT2D eigenvalue weighted by Gasteiger charge is -2.21. The van der Waals surface area contributed by atoms with Crippen LogP contribution >= 0.6 is 11.6 Å². The maximum Gasteiger partial charge on any atom is 0.212 e. The highest BCUT2D eigenvalue weighted by Crippen LogP contribution is 2.15. The second-order valence-electron chi connectivity index (χ2n) is 4.57. The van der Waals surface area contributed by atoms with Gasteiger partial charge in [-0.05, 0) is 5.41 Å². The molecule has 98 valence electrons. The van der Waals surface area contributed by atoms with E-state index in [1.807, 2.05) is 13.8 Å². The predicted molar refractivity (Wildman–Crippen MR) is 66.0 cm³/mol. The molecule has 0 aromatic heterocycles. The van der Waals surface area contributed by atoms with Gasteiger partial charge in [-0.2, -0.15) is 0 Å². The first-order valence-electron chi connectivity index (χ1n) is 4.68. The van der Waals surface area contributed by atoms with E-state index in [4.69, 9.17) is 11.6 Å². The van der Waals surface area contributed by atoms with Gasteiger partial charge in [0.05, 0.1) is 11.5 Å². The van der Waals surface area contributed by atoms with Gasteiger partial charge in [-0.3, -0.25) is 0 Å². The molecule has 0 aromatic rings. The van der Waals surface area contributed by atoms with Crippen molar-refractivity contribution in [3.8, 4) is 0 Å². The summed E-state index contributed by atoms with van der Waals surface area (Å²) in [6.07, 6.45) is 1.01. The first-order chi connectivity index (χ1) is 6.97. The van der Waals surface area contributed by atoms with Crippen LogP contribution in [0.15, 0.2) is 0 Å². The lowest BCUT2D eigenvalue weighted by atomic mass is 9.97. The van der Waals surface area contributed by atoms with Gasteiger partial charge < -0.3 is 0 Å². The Labute approximate surface area is 103 Å². The highest BCUT2D eigenvalue weighted by molar-refractivity contribution is 7.93. The van der Waals surface area contributed by atoms with Crippen LogP contribution in [-0.2, 0) is 19.9 Å². The van der Waals surface area contributed by atoms with Crippen molar-refractivity contribution < 1.29 is 16.8 Å². The van der Waals surface area contributed by atoms with Crippen molar-refractivity contribution in [1.82, 2.24) is 4.72 Å². The normalized spacial score (nSPS) is 14.0. The number of sulfone groups is 1. The summed E-state index contributed by atoms with van der Waals surface area (Å²) in [5, 5.41) is 0. The molecule has 0 bridgehead atoms. The molecule has 0 saturated heterocycles. The Morgan fingerprint density at radius 3 is 2.00 bits per heavy atom. The fourth-order valence-electron chi connectivity index (χ4n) is 0.686. The van der Waals surface area contributed by atoms with E-state index in [1.165, 1.54) is 0 Å². The summed E-state index contributed by atoms with van der Waals surface area (Å²) in [7, 11) is -6.81. The Morgan fingerprint density at radius 2 is 1.62 bits per heavy atom. The summed E-state index contributed by atoms with van der Waals surface area (Å²) in [5.41, 5.74) is -0.348. The molecule has 0 unspecified atom stereocenters. The first kappa shape index (κ1) is 16.1. The van der Waals surface area contributed by atoms with E-state index >= 15 is 0 Å². The van der Waals surface area contributed by atoms with Crippen LogP contribution in [0.1, 0.15) is 13.8 Å². The molecule has 0 radical (unpaired) electrons. The highest BCUT2D eigenvalue weighted by Gasteiger charge is 2.21. The molecule has 5 nitrogen and oxygen atoms in total. The molecule has 16 heavy (non-hydrogen) atoms. The number of alkyl halides is 1. The van der Waals surface area contributed by atoms with Gasteiger partial charge in [-0.1, -0.05) is 13.8 Å². The highest BCUT2D eigenvalue weighted by atomic mass is 35.5. The Kier molecular flexibility index (Phi) is 5.71. The van der Waals surface area contributed by atoms with Crippen LogP contribution in [0.3, 0.4) is 0 Å². The van der Waals surface area contributed by atoms with Gasteiger partial charge in [0.2, 0.25) is 10.0 Å². The van der Waals surface area contributed by atoms with Gasteiger partial charge in [-0.15, -0.1) is 11.6 Å². The van der Waals surface area contributed by atoms with E-state index in [-0.39, 0.29) is 17.7 Å². The van der Waals surface area contributed by atoms with Gasteiger partial charge in [0.15, 0.2) is 0 Å². The molecule has 1 N–H and O–H groups in total. The van der Waals surface area contributed by atoms with Crippen molar-refractivity contribution >= 4 is 31.5 Å². The van der Waals surface area contributed by atoms with Crippen LogP contribution in [0.25, 0.3) is 0 Å². The van der Waals surface area contributed by atoms with Crippen molar-refractivity contribution in [1.29, 1.82) is 0 Å². The van der Waals surface area contributed by atoms with Crippen molar-refractivity contribution in [3.05, 3.63) is 0 Å². The van der Waals surface area contributed by atoms with E-state index in [0.29, 0.717) is 5.88 Å². The van der Waals surface area contributed by atoms with Crippen molar-refractivity contribution in [2.24, 2.45) is 5.41 Å². The number of nitrogens with one attached hydrogen (secondary N) is 1. The monoisotopic (exact) mass is 291 g/mol. The van der Waals surface area contributed by atoms with Crippen molar-refractivity contribution in [3.63, 3.8) is 0 Å². The third kappa shape index (κ3) is 8.32. The second-order valence-corrected chi connectivity index (χ2v) is 9.02. The summed E-state index contributed by atoms with van der Waals surface area (Å²) >= 11 is 5.64. The summed E-state index contributed by atoms with van der Waals surface area (Å²) in [5.74, 6) is -0.463. The summed E-state index contributed by atoms with van der Waals surface area (Å²) in [6.45, 7) is 3.83. The van der Waals surface area contributed by atoms with Gasteiger partial charge in [-0.25, -0.2) is 21.6 Å². The number of halogens is 1. The molecule has 0 heterocycles. The van der Waals surface area contributed by atoms with E-state index in [2.05, 4.69) is 4.72 Å². The van der Waals surface area contributed by atoms with Crippen LogP contribution in [0.5, 0.6) is 0 Å². The fraction of sp³-hybridized carbons (Fsp3) is 1.00. The quantitative estimate of drug-likeness (QED) is 0.680. The van der Waals surface area contributed by atoms with Gasteiger partial charge in [0, 0.05) is 18.7 Å². The van der Waals surface area contributed by atoms with Gasteiger partial charge >= 0.3 is 0 Å². The minimum Gasteiger partial charge on any atom is -0.229 e. The zero-order chi connectivity index (χ0) is 13.0. The largest absolute Gasteiger partial charge is 0.229 e. The fourth-order valence-corrected chi connectivity index (χ4v) is 3.62. The standard InChI is InChI=1S/C8H18ClNO4S2/c1-8(2,6-9)7-10-16(13,14)5-4-15(3,11)12/h10H,4-7H2,1-3H3. The third-order valence-corrected chi connectivity index (χ3v) is 5.11. The molecule has 0 spiro atoms. The maximum atomic E-state index is 11.4. The van der Waals surface area contributed by atoms with Crippen molar-refractivity contribution in [2.75, 3.05) is 30.2 Å². The topological polar surface area (TPSA) is 80.3 Å². The lowest BCUT2D eigenvalue weighted by Crippen LogP contribution is -2.37. The van der Waals surface area contributed by atoms with E-state index < -0.39 is 25.6 Å². The smallest absolute Gasteiger partial charge is 0.212 e. The molecule has 0 aliphatic carbocycles. The Morgan fingerprint density at radius 1 is 1.12 bits per heavy atom. The third-order valence-electron chi connectivity index (χ3n) is 1.86. The summed E-state index contributed by atoms with van der Waals surface area (Å²) < 4.78 is 46.8. The molecular formula is C8H18ClNO4S2. The molecule has 0 aliphatic rings. The van der Waals surface area contributed by atoms with Crippen LogP contribution in [0.2, 0.25) is 0 Å². The molecule has 0 fully saturated rings. The molecule has 0 aliphatic heterocycles. The minimum absolute atomic E-state index is 0.197. The van der Waals surface area contributed by atoms with Crippen molar-refractivity contribution in [2.45, 2.75) is 13.8 Å². The van der Waals surface area contributed by atoms with Gasteiger partial charge in [0.1, 0.15) is 9.84 Å². The zero-order valence-electron chi connectivity index (χ0n) is 9.66. The van der Waals surface area contributed by atoms with Gasteiger partial charge in [0.25, 0.3) is 0 Å². The minimum atomic E-state index is -3.55. The first-order valence-corrected chi connectivity index (χ1v) is 8.93. The Bertz CT molecular complexity index is 413. The van der Waals surface area contributed by atoms with Crippen LogP contribution in [0, 0.1) is 5.41 Å². The Balaban J connectivity index is 4.28. The molecule has 8 heteroatoms. The molecule has 0 rings (SSSR count). The second kappa shape index (κ2) is 5.66. The summed E-state index contributed by atoms with van der Waals surface area (Å²) in [6, 6.07) is 0. The lowest BCUT2D eigenvalue weighted by molar-refractivity contribution is 0.414. The van der Waals surface area contributed by atoms with E-state index in [0.717, 1.165) is 6.26 Å². The molecule has 0 amide bonds. The number of hydrogen-bond acceptors (Lipinski definition) is 4. The molecule has 0 atom stereocenters. The van der Waals surface area contributed by atoms with Crippen LogP contribution in [-0.4, -0.2) is 47.0 Å². The SMILES string of the molecule is CC(C)(CCl)CNS(=O)(=O)CCS(C)(=O)=O. The van der Waals surface area contributed by atoms with Crippen LogP contribution in [0.4, 0.5) is 0 Å². The van der Waals surface area contributed by atoms with Crippen LogP contribution < -0.4 is 4.72 Å². The summed E-state index contributed by atoms with van der Waals surface area (Å²) in [4.78, 5) is 0. The average molecular weight is 292 g/mol. The average Bonchev–Trinajstić information content (AvgIpc) is 2.12. The number of rotatable bonds is 7. The Hall–Kier alpha value is 0.150. The molecule has 0 aromatic carbocycles.